The Morgan fingerprint density at radius 3 is 2.44 bits per heavy atom. The van der Waals surface area contributed by atoms with E-state index in [0.717, 1.165) is 18.6 Å². The van der Waals surface area contributed by atoms with Crippen LogP contribution in [-0.2, 0) is 0 Å². The molecule has 1 rings (SSSR count). The van der Waals surface area contributed by atoms with E-state index < -0.39 is 5.60 Å². The van der Waals surface area contributed by atoms with Crippen LogP contribution in [-0.4, -0.2) is 22.2 Å². The van der Waals surface area contributed by atoms with Crippen LogP contribution in [0.3, 0.4) is 0 Å². The van der Waals surface area contributed by atoms with E-state index in [1.165, 1.54) is 37.9 Å². The molecular weight excluding hydrogens is 216 g/mol. The van der Waals surface area contributed by atoms with Gasteiger partial charge in [-0.05, 0) is 24.0 Å². The summed E-state index contributed by atoms with van der Waals surface area (Å²) in [6.45, 7) is 6.71. The first-order chi connectivity index (χ1) is 7.52. The molecule has 0 aliphatic carbocycles. The molecule has 0 saturated carbocycles. The minimum absolute atomic E-state index is 0.114. The summed E-state index contributed by atoms with van der Waals surface area (Å²) < 4.78 is 0. The second-order valence-corrected chi connectivity index (χ2v) is 6.99. The molecule has 1 N–H and O–H groups in total. The molecule has 1 aliphatic rings. The number of unbranched alkanes of at least 4 members (excludes halogenated alkanes) is 4. The summed E-state index contributed by atoms with van der Waals surface area (Å²) in [7, 11) is 0. The van der Waals surface area contributed by atoms with Crippen LogP contribution in [0.5, 0.6) is 0 Å². The average Bonchev–Trinajstić information content (AvgIpc) is 2.23. The molecule has 1 unspecified atom stereocenters. The zero-order valence-corrected chi connectivity index (χ0v) is 12.0. The summed E-state index contributed by atoms with van der Waals surface area (Å²) in [5.41, 5.74) is -0.300. The van der Waals surface area contributed by atoms with Gasteiger partial charge in [0.05, 0.1) is 5.60 Å². The Morgan fingerprint density at radius 2 is 1.81 bits per heavy atom. The first kappa shape index (κ1) is 14.4. The van der Waals surface area contributed by atoms with Gasteiger partial charge >= 0.3 is 0 Å². The number of hydrogen-bond donors (Lipinski definition) is 1. The Bertz CT molecular complexity index is 203. The van der Waals surface area contributed by atoms with E-state index in [0.29, 0.717) is 0 Å². The van der Waals surface area contributed by atoms with E-state index in [-0.39, 0.29) is 5.41 Å². The van der Waals surface area contributed by atoms with Crippen LogP contribution >= 0.6 is 11.8 Å². The SMILES string of the molecule is CCCCCCCC1(O)CSCCC1(C)C. The van der Waals surface area contributed by atoms with E-state index in [9.17, 15) is 5.11 Å². The van der Waals surface area contributed by atoms with Gasteiger partial charge in [0, 0.05) is 5.75 Å². The summed E-state index contributed by atoms with van der Waals surface area (Å²) >= 11 is 1.92. The molecule has 0 aromatic rings. The Morgan fingerprint density at radius 1 is 1.12 bits per heavy atom. The van der Waals surface area contributed by atoms with Crippen LogP contribution in [0.2, 0.25) is 0 Å². The van der Waals surface area contributed by atoms with Gasteiger partial charge in [-0.25, -0.2) is 0 Å². The summed E-state index contributed by atoms with van der Waals surface area (Å²) in [6.07, 6.45) is 8.61. The third-order valence-electron chi connectivity index (χ3n) is 4.17. The third kappa shape index (κ3) is 3.66. The van der Waals surface area contributed by atoms with Gasteiger partial charge in [-0.1, -0.05) is 52.9 Å². The van der Waals surface area contributed by atoms with Gasteiger partial charge in [0.1, 0.15) is 0 Å². The predicted molar refractivity (Wildman–Crippen MR) is 74.0 cm³/mol. The first-order valence-electron chi connectivity index (χ1n) is 6.82. The minimum atomic E-state index is -0.415. The van der Waals surface area contributed by atoms with E-state index in [1.54, 1.807) is 0 Å². The molecule has 0 aromatic heterocycles. The molecule has 0 spiro atoms. The molecule has 2 heteroatoms. The Kier molecular flexibility index (Phi) is 5.66. The molecule has 1 nitrogen and oxygen atoms in total. The van der Waals surface area contributed by atoms with Crippen LogP contribution in [0.25, 0.3) is 0 Å². The van der Waals surface area contributed by atoms with Gasteiger partial charge in [0.2, 0.25) is 0 Å². The van der Waals surface area contributed by atoms with Crippen molar-refractivity contribution in [3.05, 3.63) is 0 Å². The Labute approximate surface area is 105 Å². The van der Waals surface area contributed by atoms with Crippen molar-refractivity contribution in [1.29, 1.82) is 0 Å². The van der Waals surface area contributed by atoms with Gasteiger partial charge in [0.15, 0.2) is 0 Å². The minimum Gasteiger partial charge on any atom is -0.388 e. The maximum absolute atomic E-state index is 10.7. The van der Waals surface area contributed by atoms with Gasteiger partial charge in [-0.3, -0.25) is 0 Å². The maximum atomic E-state index is 10.7. The molecule has 1 saturated heterocycles. The zero-order valence-electron chi connectivity index (χ0n) is 11.2. The molecule has 1 atom stereocenters. The Balaban J connectivity index is 2.32. The highest BCUT2D eigenvalue weighted by molar-refractivity contribution is 7.99. The first-order valence-corrected chi connectivity index (χ1v) is 7.97. The third-order valence-corrected chi connectivity index (χ3v) is 5.34. The summed E-state index contributed by atoms with van der Waals surface area (Å²) in [4.78, 5) is 0. The second kappa shape index (κ2) is 6.30. The zero-order chi connectivity index (χ0) is 12.1. The van der Waals surface area contributed by atoms with E-state index in [1.807, 2.05) is 11.8 Å². The van der Waals surface area contributed by atoms with Crippen LogP contribution in [0, 0.1) is 5.41 Å². The van der Waals surface area contributed by atoms with Crippen molar-refractivity contribution in [2.24, 2.45) is 5.41 Å². The summed E-state index contributed by atoms with van der Waals surface area (Å²) in [6, 6.07) is 0. The number of aliphatic hydroxyl groups is 1. The number of rotatable bonds is 6. The fourth-order valence-corrected chi connectivity index (χ4v) is 4.10. The summed E-state index contributed by atoms with van der Waals surface area (Å²) in [5.74, 6) is 2.15. The second-order valence-electron chi connectivity index (χ2n) is 5.88. The predicted octanol–water partition coefficient (Wildman–Crippen LogP) is 4.24. The maximum Gasteiger partial charge on any atom is 0.0788 e. The Hall–Kier alpha value is 0.310. The lowest BCUT2D eigenvalue weighted by atomic mass is 9.71. The molecule has 96 valence electrons. The molecule has 0 radical (unpaired) electrons. The molecule has 0 amide bonds. The van der Waals surface area contributed by atoms with Crippen LogP contribution < -0.4 is 0 Å². The lowest BCUT2D eigenvalue weighted by molar-refractivity contribution is -0.0599. The van der Waals surface area contributed by atoms with Crippen LogP contribution in [0.15, 0.2) is 0 Å². The van der Waals surface area contributed by atoms with Gasteiger partial charge in [0.25, 0.3) is 0 Å². The van der Waals surface area contributed by atoms with Crippen molar-refractivity contribution in [1.82, 2.24) is 0 Å². The van der Waals surface area contributed by atoms with Crippen LogP contribution in [0.1, 0.15) is 65.7 Å². The van der Waals surface area contributed by atoms with E-state index in [2.05, 4.69) is 20.8 Å². The fraction of sp³-hybridized carbons (Fsp3) is 1.00. The standard InChI is InChI=1S/C14H28OS/c1-4-5-6-7-8-9-14(15)12-16-11-10-13(14,2)3/h15H,4-12H2,1-3H3. The molecule has 1 aliphatic heterocycles. The molecular formula is C14H28OS. The monoisotopic (exact) mass is 244 g/mol. The van der Waals surface area contributed by atoms with Crippen molar-refractivity contribution >= 4 is 11.8 Å². The van der Waals surface area contributed by atoms with Crippen molar-refractivity contribution in [3.63, 3.8) is 0 Å². The van der Waals surface area contributed by atoms with Crippen molar-refractivity contribution < 1.29 is 5.11 Å². The molecule has 0 aromatic carbocycles. The molecule has 1 fully saturated rings. The van der Waals surface area contributed by atoms with Gasteiger partial charge in [-0.15, -0.1) is 0 Å². The smallest absolute Gasteiger partial charge is 0.0788 e. The summed E-state index contributed by atoms with van der Waals surface area (Å²) in [5, 5.41) is 10.7. The highest BCUT2D eigenvalue weighted by Gasteiger charge is 2.44. The van der Waals surface area contributed by atoms with Crippen molar-refractivity contribution in [2.75, 3.05) is 11.5 Å². The van der Waals surface area contributed by atoms with E-state index in [4.69, 9.17) is 0 Å². The molecule has 1 heterocycles. The van der Waals surface area contributed by atoms with Crippen molar-refractivity contribution in [3.8, 4) is 0 Å². The quantitative estimate of drug-likeness (QED) is 0.705. The van der Waals surface area contributed by atoms with E-state index >= 15 is 0 Å². The van der Waals surface area contributed by atoms with Gasteiger partial charge in [-0.2, -0.15) is 11.8 Å². The normalized spacial score (nSPS) is 29.2. The molecule has 0 bridgehead atoms. The van der Waals surface area contributed by atoms with Gasteiger partial charge < -0.3 is 5.11 Å². The molecule has 16 heavy (non-hydrogen) atoms. The lowest BCUT2D eigenvalue weighted by Gasteiger charge is -2.46. The highest BCUT2D eigenvalue weighted by Crippen LogP contribution is 2.44. The lowest BCUT2D eigenvalue weighted by Crippen LogP contribution is -2.49. The van der Waals surface area contributed by atoms with Crippen LogP contribution in [0.4, 0.5) is 0 Å². The number of thioether (sulfide) groups is 1. The average molecular weight is 244 g/mol. The van der Waals surface area contributed by atoms with Crippen molar-refractivity contribution in [2.45, 2.75) is 71.3 Å². The largest absolute Gasteiger partial charge is 0.388 e. The topological polar surface area (TPSA) is 20.2 Å². The fourth-order valence-electron chi connectivity index (χ4n) is 2.43. The number of hydrogen-bond acceptors (Lipinski definition) is 2. The highest BCUT2D eigenvalue weighted by atomic mass is 32.2.